The molecule has 1 aromatic carbocycles. The summed E-state index contributed by atoms with van der Waals surface area (Å²) in [5.41, 5.74) is 2.51. The highest BCUT2D eigenvalue weighted by Crippen LogP contribution is 2.22. The van der Waals surface area contributed by atoms with E-state index in [0.29, 0.717) is 11.2 Å². The van der Waals surface area contributed by atoms with Gasteiger partial charge >= 0.3 is 5.97 Å². The number of imidazole rings is 1. The molecule has 5 nitrogen and oxygen atoms in total. The standard InChI is InChI=1S/C21H22N2O3/c1-14(19(24)15-8-10-16(11-9-15)21(2,3)4)26-20(25)17-13-23-12-6-5-7-18(23)22-17/h5-14H,1-4H3/t14-/m0/s1. The number of pyridine rings is 1. The van der Waals surface area contributed by atoms with Crippen LogP contribution < -0.4 is 0 Å². The van der Waals surface area contributed by atoms with Gasteiger partial charge in [0, 0.05) is 18.0 Å². The van der Waals surface area contributed by atoms with E-state index in [1.165, 1.54) is 0 Å². The van der Waals surface area contributed by atoms with E-state index in [9.17, 15) is 9.59 Å². The van der Waals surface area contributed by atoms with E-state index in [1.807, 2.05) is 24.3 Å². The summed E-state index contributed by atoms with van der Waals surface area (Å²) in [6.45, 7) is 7.92. The molecule has 0 saturated heterocycles. The van der Waals surface area contributed by atoms with Crippen molar-refractivity contribution >= 4 is 17.4 Å². The van der Waals surface area contributed by atoms with Gasteiger partial charge in [-0.2, -0.15) is 0 Å². The first-order chi connectivity index (χ1) is 12.3. The van der Waals surface area contributed by atoms with Crippen molar-refractivity contribution in [3.63, 3.8) is 0 Å². The minimum atomic E-state index is -0.882. The van der Waals surface area contributed by atoms with E-state index in [1.54, 1.807) is 41.9 Å². The number of fused-ring (bicyclic) bond motifs is 1. The molecule has 0 spiro atoms. The molecule has 134 valence electrons. The second kappa shape index (κ2) is 6.75. The zero-order valence-corrected chi connectivity index (χ0v) is 15.4. The maximum Gasteiger partial charge on any atom is 0.359 e. The Morgan fingerprint density at radius 2 is 1.77 bits per heavy atom. The largest absolute Gasteiger partial charge is 0.449 e. The second-order valence-electron chi connectivity index (χ2n) is 7.33. The molecule has 1 atom stereocenters. The highest BCUT2D eigenvalue weighted by molar-refractivity contribution is 6.01. The van der Waals surface area contributed by atoms with E-state index in [0.717, 1.165) is 5.56 Å². The smallest absolute Gasteiger partial charge is 0.359 e. The molecule has 0 N–H and O–H groups in total. The zero-order chi connectivity index (χ0) is 18.9. The van der Waals surface area contributed by atoms with Crippen LogP contribution >= 0.6 is 0 Å². The Labute approximate surface area is 152 Å². The molecule has 0 unspecified atom stereocenters. The number of benzene rings is 1. The Hall–Kier alpha value is -2.95. The van der Waals surface area contributed by atoms with Crippen LogP contribution in [-0.2, 0) is 10.2 Å². The molecule has 26 heavy (non-hydrogen) atoms. The van der Waals surface area contributed by atoms with Crippen molar-refractivity contribution in [2.24, 2.45) is 0 Å². The van der Waals surface area contributed by atoms with Crippen molar-refractivity contribution in [2.45, 2.75) is 39.2 Å². The second-order valence-corrected chi connectivity index (χ2v) is 7.33. The number of ether oxygens (including phenoxy) is 1. The average Bonchev–Trinajstić information content (AvgIpc) is 3.04. The van der Waals surface area contributed by atoms with Crippen molar-refractivity contribution in [2.75, 3.05) is 0 Å². The number of ketones is 1. The van der Waals surface area contributed by atoms with E-state index in [-0.39, 0.29) is 16.9 Å². The molecule has 3 aromatic rings. The van der Waals surface area contributed by atoms with Gasteiger partial charge in [0.1, 0.15) is 5.65 Å². The quantitative estimate of drug-likeness (QED) is 0.526. The molecule has 0 aliphatic heterocycles. The van der Waals surface area contributed by atoms with Crippen LogP contribution in [0.25, 0.3) is 5.65 Å². The minimum absolute atomic E-state index is 0.0167. The topological polar surface area (TPSA) is 60.7 Å². The summed E-state index contributed by atoms with van der Waals surface area (Å²) in [7, 11) is 0. The van der Waals surface area contributed by atoms with Crippen LogP contribution in [0, 0.1) is 0 Å². The number of aromatic nitrogens is 2. The Bertz CT molecular complexity index is 916. The van der Waals surface area contributed by atoms with Crippen molar-refractivity contribution in [1.29, 1.82) is 0 Å². The molecular weight excluding hydrogens is 328 g/mol. The first-order valence-corrected chi connectivity index (χ1v) is 8.55. The molecule has 3 rings (SSSR count). The van der Waals surface area contributed by atoms with Gasteiger partial charge in [-0.3, -0.25) is 4.79 Å². The fourth-order valence-corrected chi connectivity index (χ4v) is 2.68. The van der Waals surface area contributed by atoms with Crippen LogP contribution in [0.5, 0.6) is 0 Å². The molecule has 2 aromatic heterocycles. The molecule has 0 bridgehead atoms. The first-order valence-electron chi connectivity index (χ1n) is 8.55. The van der Waals surface area contributed by atoms with Gasteiger partial charge in [-0.25, -0.2) is 9.78 Å². The molecule has 2 heterocycles. The summed E-state index contributed by atoms with van der Waals surface area (Å²) in [5.74, 6) is -0.844. The number of carbonyl (C=O) groups is 2. The van der Waals surface area contributed by atoms with Crippen molar-refractivity contribution in [1.82, 2.24) is 9.38 Å². The number of hydrogen-bond acceptors (Lipinski definition) is 4. The number of carbonyl (C=O) groups excluding carboxylic acids is 2. The van der Waals surface area contributed by atoms with Gasteiger partial charge in [0.15, 0.2) is 11.8 Å². The Kier molecular flexibility index (Phi) is 4.64. The number of esters is 1. The highest BCUT2D eigenvalue weighted by Gasteiger charge is 2.22. The third kappa shape index (κ3) is 3.67. The molecule has 0 radical (unpaired) electrons. The van der Waals surface area contributed by atoms with E-state index >= 15 is 0 Å². The SMILES string of the molecule is C[C@H](OC(=O)c1cn2ccccc2n1)C(=O)c1ccc(C(C)(C)C)cc1. The summed E-state index contributed by atoms with van der Waals surface area (Å²) < 4.78 is 7.05. The fraction of sp³-hybridized carbons (Fsp3) is 0.286. The third-order valence-corrected chi connectivity index (χ3v) is 4.26. The lowest BCUT2D eigenvalue weighted by molar-refractivity contribution is 0.0314. The van der Waals surface area contributed by atoms with Crippen molar-refractivity contribution in [3.05, 3.63) is 71.7 Å². The number of Topliss-reactive ketones (excluding diaryl/α,β-unsaturated/α-hetero) is 1. The van der Waals surface area contributed by atoms with Gasteiger partial charge < -0.3 is 9.14 Å². The van der Waals surface area contributed by atoms with Crippen LogP contribution in [-0.4, -0.2) is 27.2 Å². The van der Waals surface area contributed by atoms with E-state index < -0.39 is 12.1 Å². The average molecular weight is 350 g/mol. The summed E-state index contributed by atoms with van der Waals surface area (Å²) in [6, 6.07) is 12.9. The molecular formula is C21H22N2O3. The van der Waals surface area contributed by atoms with Gasteiger partial charge in [0.25, 0.3) is 0 Å². The van der Waals surface area contributed by atoms with Crippen molar-refractivity contribution < 1.29 is 14.3 Å². The minimum Gasteiger partial charge on any atom is -0.449 e. The Morgan fingerprint density at radius 1 is 1.08 bits per heavy atom. The molecule has 0 saturated carbocycles. The fourth-order valence-electron chi connectivity index (χ4n) is 2.68. The predicted molar refractivity (Wildman–Crippen MR) is 99.5 cm³/mol. The van der Waals surface area contributed by atoms with Crippen molar-refractivity contribution in [3.8, 4) is 0 Å². The zero-order valence-electron chi connectivity index (χ0n) is 15.4. The van der Waals surface area contributed by atoms with Gasteiger partial charge in [0.05, 0.1) is 0 Å². The molecule has 5 heteroatoms. The first kappa shape index (κ1) is 17.9. The number of hydrogen-bond donors (Lipinski definition) is 0. The van der Waals surface area contributed by atoms with Crippen LogP contribution in [0.4, 0.5) is 0 Å². The monoisotopic (exact) mass is 350 g/mol. The van der Waals surface area contributed by atoms with Gasteiger partial charge in [-0.15, -0.1) is 0 Å². The normalized spacial score (nSPS) is 12.8. The molecule has 0 fully saturated rings. The summed E-state index contributed by atoms with van der Waals surface area (Å²) in [4.78, 5) is 29.1. The maximum absolute atomic E-state index is 12.5. The Morgan fingerprint density at radius 3 is 2.38 bits per heavy atom. The summed E-state index contributed by atoms with van der Waals surface area (Å²) >= 11 is 0. The van der Waals surface area contributed by atoms with E-state index in [4.69, 9.17) is 4.74 Å². The van der Waals surface area contributed by atoms with Gasteiger partial charge in [-0.1, -0.05) is 51.1 Å². The van der Waals surface area contributed by atoms with E-state index in [2.05, 4.69) is 25.8 Å². The maximum atomic E-state index is 12.5. The Balaban J connectivity index is 1.71. The molecule has 0 aliphatic carbocycles. The van der Waals surface area contributed by atoms with Crippen LogP contribution in [0.2, 0.25) is 0 Å². The van der Waals surface area contributed by atoms with Crippen LogP contribution in [0.3, 0.4) is 0 Å². The number of nitrogens with zero attached hydrogens (tertiary/aromatic N) is 2. The number of rotatable bonds is 4. The summed E-state index contributed by atoms with van der Waals surface area (Å²) in [6.07, 6.45) is 2.50. The lowest BCUT2D eigenvalue weighted by atomic mass is 9.86. The molecule has 0 amide bonds. The molecule has 0 aliphatic rings. The predicted octanol–water partition coefficient (Wildman–Crippen LogP) is 4.06. The third-order valence-electron chi connectivity index (χ3n) is 4.26. The van der Waals surface area contributed by atoms with Crippen LogP contribution in [0.1, 0.15) is 54.1 Å². The van der Waals surface area contributed by atoms with Gasteiger partial charge in [0.2, 0.25) is 5.78 Å². The van der Waals surface area contributed by atoms with Crippen LogP contribution in [0.15, 0.2) is 54.9 Å². The highest BCUT2D eigenvalue weighted by atomic mass is 16.5. The van der Waals surface area contributed by atoms with Gasteiger partial charge in [-0.05, 0) is 30.0 Å². The lowest BCUT2D eigenvalue weighted by Crippen LogP contribution is -2.24. The lowest BCUT2D eigenvalue weighted by Gasteiger charge is -2.19. The summed E-state index contributed by atoms with van der Waals surface area (Å²) in [5, 5.41) is 0.